The maximum absolute atomic E-state index is 5.46. The molecule has 23 heavy (non-hydrogen) atoms. The summed E-state index contributed by atoms with van der Waals surface area (Å²) in [5.41, 5.74) is 3.18. The molecule has 5 heteroatoms. The minimum Gasteiger partial charge on any atom is -0.381 e. The fraction of sp³-hybridized carbons (Fsp3) is 0.333. The maximum Gasteiger partial charge on any atom is 0.227 e. The first-order valence-electron chi connectivity index (χ1n) is 8.03. The highest BCUT2D eigenvalue weighted by atomic mass is 16.5. The Hall–Kier alpha value is -2.40. The van der Waals surface area contributed by atoms with Crippen LogP contribution in [0.25, 0.3) is 16.8 Å². The Labute approximate surface area is 135 Å². The van der Waals surface area contributed by atoms with E-state index in [0.29, 0.717) is 6.10 Å². The van der Waals surface area contributed by atoms with Gasteiger partial charge in [-0.3, -0.25) is 0 Å². The van der Waals surface area contributed by atoms with Crippen molar-refractivity contribution in [2.45, 2.75) is 18.9 Å². The lowest BCUT2D eigenvalue weighted by Gasteiger charge is -2.31. The van der Waals surface area contributed by atoms with Crippen LogP contribution in [-0.2, 0) is 4.74 Å². The molecule has 3 aromatic rings. The van der Waals surface area contributed by atoms with E-state index in [1.54, 1.807) is 7.11 Å². The van der Waals surface area contributed by atoms with Crippen LogP contribution in [0.4, 0.5) is 5.95 Å². The predicted octanol–water partition coefficient (Wildman–Crippen LogP) is 3.01. The number of hydrogen-bond donors (Lipinski definition) is 0. The van der Waals surface area contributed by atoms with Crippen molar-refractivity contribution in [2.75, 3.05) is 25.1 Å². The molecule has 0 unspecified atom stereocenters. The smallest absolute Gasteiger partial charge is 0.227 e. The minimum absolute atomic E-state index is 0.364. The molecule has 0 radical (unpaired) electrons. The summed E-state index contributed by atoms with van der Waals surface area (Å²) in [6, 6.07) is 14.4. The van der Waals surface area contributed by atoms with E-state index < -0.39 is 0 Å². The van der Waals surface area contributed by atoms with Gasteiger partial charge in [-0.2, -0.15) is 9.61 Å². The van der Waals surface area contributed by atoms with Gasteiger partial charge in [0.25, 0.3) is 0 Å². The molecule has 0 N–H and O–H groups in total. The Morgan fingerprint density at radius 3 is 2.61 bits per heavy atom. The standard InChI is InChI=1S/C18H20N4O/c1-23-16-8-11-21(12-9-16)18-19-10-7-15-13-17(20-22(15)18)14-5-3-2-4-6-14/h2-7,10,13,16H,8-9,11-12H2,1H3. The highest BCUT2D eigenvalue weighted by Gasteiger charge is 2.22. The topological polar surface area (TPSA) is 42.7 Å². The molecule has 1 aromatic carbocycles. The molecule has 1 saturated heterocycles. The molecule has 0 spiro atoms. The maximum atomic E-state index is 5.46. The van der Waals surface area contributed by atoms with Crippen LogP contribution in [0.3, 0.4) is 0 Å². The summed E-state index contributed by atoms with van der Waals surface area (Å²) in [5.74, 6) is 0.916. The number of rotatable bonds is 3. The molecule has 1 aliphatic rings. The average Bonchev–Trinajstić information content (AvgIpc) is 3.07. The van der Waals surface area contributed by atoms with Gasteiger partial charge in [0, 0.05) is 32.0 Å². The molecule has 2 aromatic heterocycles. The number of anilines is 1. The molecular formula is C18H20N4O. The van der Waals surface area contributed by atoms with E-state index in [-0.39, 0.29) is 0 Å². The SMILES string of the molecule is COC1CCN(c2nccc3cc(-c4ccccc4)nn23)CC1. The summed E-state index contributed by atoms with van der Waals surface area (Å²) >= 11 is 0. The highest BCUT2D eigenvalue weighted by Crippen LogP contribution is 2.24. The van der Waals surface area contributed by atoms with Gasteiger partial charge >= 0.3 is 0 Å². The van der Waals surface area contributed by atoms with Gasteiger partial charge in [-0.1, -0.05) is 30.3 Å². The first kappa shape index (κ1) is 14.2. The predicted molar refractivity (Wildman–Crippen MR) is 90.7 cm³/mol. The largest absolute Gasteiger partial charge is 0.381 e. The molecule has 0 amide bonds. The van der Waals surface area contributed by atoms with Crippen LogP contribution in [-0.4, -0.2) is 40.9 Å². The summed E-state index contributed by atoms with van der Waals surface area (Å²) in [7, 11) is 1.79. The lowest BCUT2D eigenvalue weighted by molar-refractivity contribution is 0.0816. The van der Waals surface area contributed by atoms with E-state index in [4.69, 9.17) is 9.84 Å². The lowest BCUT2D eigenvalue weighted by Crippen LogP contribution is -2.38. The number of methoxy groups -OCH3 is 1. The Kier molecular flexibility index (Phi) is 3.71. The van der Waals surface area contributed by atoms with Gasteiger partial charge in [-0.25, -0.2) is 4.98 Å². The van der Waals surface area contributed by atoms with Crippen molar-refractivity contribution >= 4 is 11.5 Å². The van der Waals surface area contributed by atoms with Crippen LogP contribution >= 0.6 is 0 Å². The quantitative estimate of drug-likeness (QED) is 0.746. The average molecular weight is 308 g/mol. The summed E-state index contributed by atoms with van der Waals surface area (Å²) in [6.07, 6.45) is 4.29. The Bertz CT molecular complexity index is 791. The van der Waals surface area contributed by atoms with Crippen LogP contribution in [0, 0.1) is 0 Å². The van der Waals surface area contributed by atoms with E-state index in [0.717, 1.165) is 48.7 Å². The second-order valence-electron chi connectivity index (χ2n) is 5.90. The second-order valence-corrected chi connectivity index (χ2v) is 5.90. The fourth-order valence-corrected chi connectivity index (χ4v) is 3.17. The van der Waals surface area contributed by atoms with Crippen molar-refractivity contribution in [2.24, 2.45) is 0 Å². The molecule has 118 valence electrons. The molecule has 1 fully saturated rings. The summed E-state index contributed by atoms with van der Waals surface area (Å²) < 4.78 is 7.41. The van der Waals surface area contributed by atoms with Crippen molar-refractivity contribution in [3.8, 4) is 11.3 Å². The zero-order valence-electron chi connectivity index (χ0n) is 13.2. The first-order valence-corrected chi connectivity index (χ1v) is 8.03. The fourth-order valence-electron chi connectivity index (χ4n) is 3.17. The number of benzene rings is 1. The molecule has 0 saturated carbocycles. The lowest BCUT2D eigenvalue weighted by atomic mass is 10.1. The summed E-state index contributed by atoms with van der Waals surface area (Å²) in [5, 5.41) is 4.78. The first-order chi connectivity index (χ1) is 11.3. The van der Waals surface area contributed by atoms with Crippen LogP contribution in [0.15, 0.2) is 48.7 Å². The Morgan fingerprint density at radius 1 is 1.09 bits per heavy atom. The van der Waals surface area contributed by atoms with Crippen molar-refractivity contribution < 1.29 is 4.74 Å². The number of aromatic nitrogens is 3. The number of hydrogen-bond acceptors (Lipinski definition) is 4. The highest BCUT2D eigenvalue weighted by molar-refractivity contribution is 5.67. The third-order valence-corrected chi connectivity index (χ3v) is 4.49. The molecular weight excluding hydrogens is 288 g/mol. The second kappa shape index (κ2) is 6.01. The monoisotopic (exact) mass is 308 g/mol. The number of fused-ring (bicyclic) bond motifs is 1. The van der Waals surface area contributed by atoms with Crippen LogP contribution in [0.1, 0.15) is 12.8 Å². The van der Waals surface area contributed by atoms with Crippen LogP contribution in [0.2, 0.25) is 0 Å². The van der Waals surface area contributed by atoms with Gasteiger partial charge in [-0.05, 0) is 25.0 Å². The van der Waals surface area contributed by atoms with Gasteiger partial charge in [0.15, 0.2) is 0 Å². The molecule has 0 atom stereocenters. The van der Waals surface area contributed by atoms with Crippen LogP contribution < -0.4 is 4.90 Å². The van der Waals surface area contributed by atoms with E-state index in [1.807, 2.05) is 35.0 Å². The van der Waals surface area contributed by atoms with Gasteiger partial charge in [0.05, 0.1) is 17.3 Å². The molecule has 5 nitrogen and oxygen atoms in total. The summed E-state index contributed by atoms with van der Waals surface area (Å²) in [4.78, 5) is 6.87. The van der Waals surface area contributed by atoms with E-state index in [2.05, 4.69) is 28.1 Å². The van der Waals surface area contributed by atoms with Crippen molar-refractivity contribution in [3.05, 3.63) is 48.7 Å². The minimum atomic E-state index is 0.364. The van der Waals surface area contributed by atoms with Crippen molar-refractivity contribution in [1.29, 1.82) is 0 Å². The number of ether oxygens (including phenoxy) is 1. The van der Waals surface area contributed by atoms with Gasteiger partial charge in [0.2, 0.25) is 5.95 Å². The normalized spacial score (nSPS) is 16.1. The summed E-state index contributed by atoms with van der Waals surface area (Å²) in [6.45, 7) is 1.90. The van der Waals surface area contributed by atoms with E-state index >= 15 is 0 Å². The van der Waals surface area contributed by atoms with Crippen LogP contribution in [0.5, 0.6) is 0 Å². The van der Waals surface area contributed by atoms with E-state index in [1.165, 1.54) is 0 Å². The molecule has 3 heterocycles. The van der Waals surface area contributed by atoms with Crippen molar-refractivity contribution in [1.82, 2.24) is 14.6 Å². The Morgan fingerprint density at radius 2 is 1.87 bits per heavy atom. The molecule has 0 aliphatic carbocycles. The van der Waals surface area contributed by atoms with Gasteiger partial charge in [0.1, 0.15) is 0 Å². The van der Waals surface area contributed by atoms with Gasteiger partial charge < -0.3 is 9.64 Å². The number of piperidine rings is 1. The third kappa shape index (κ3) is 2.68. The Balaban J connectivity index is 1.70. The number of nitrogens with zero attached hydrogens (tertiary/aromatic N) is 4. The third-order valence-electron chi connectivity index (χ3n) is 4.49. The zero-order valence-corrected chi connectivity index (χ0v) is 13.2. The van der Waals surface area contributed by atoms with E-state index in [9.17, 15) is 0 Å². The molecule has 4 rings (SSSR count). The van der Waals surface area contributed by atoms with Gasteiger partial charge in [-0.15, -0.1) is 0 Å². The molecule has 0 bridgehead atoms. The molecule has 1 aliphatic heterocycles. The van der Waals surface area contributed by atoms with Crippen molar-refractivity contribution in [3.63, 3.8) is 0 Å². The zero-order chi connectivity index (χ0) is 15.6.